The van der Waals surface area contributed by atoms with E-state index in [-0.39, 0.29) is 6.61 Å². The monoisotopic (exact) mass is 529 g/mol. The molecule has 0 saturated heterocycles. The summed E-state index contributed by atoms with van der Waals surface area (Å²) in [6.07, 6.45) is 3.16. The first-order valence-corrected chi connectivity index (χ1v) is 12.1. The molecule has 1 amide bonds. The van der Waals surface area contributed by atoms with Crippen LogP contribution < -0.4 is 10.2 Å². The van der Waals surface area contributed by atoms with Crippen LogP contribution in [0.4, 0.5) is 0 Å². The predicted octanol–water partition coefficient (Wildman–Crippen LogP) is 6.23. The van der Waals surface area contributed by atoms with Crippen LogP contribution in [0.15, 0.2) is 90.2 Å². The van der Waals surface area contributed by atoms with Gasteiger partial charge in [0, 0.05) is 21.5 Å². The molecule has 1 N–H and O–H groups in total. The van der Waals surface area contributed by atoms with Crippen molar-refractivity contribution >= 4 is 46.2 Å². The van der Waals surface area contributed by atoms with Crippen molar-refractivity contribution in [3.63, 3.8) is 0 Å². The number of amides is 1. The summed E-state index contributed by atoms with van der Waals surface area (Å²) in [5, 5.41) is 10.3. The summed E-state index contributed by atoms with van der Waals surface area (Å²) in [7, 11) is 0. The van der Waals surface area contributed by atoms with Gasteiger partial charge in [-0.05, 0) is 55.0 Å². The lowest BCUT2D eigenvalue weighted by Crippen LogP contribution is -2.24. The summed E-state index contributed by atoms with van der Waals surface area (Å²) in [5.74, 6) is 0.0664. The highest BCUT2D eigenvalue weighted by atomic mass is 35.5. The molecular formula is C28H21Cl2N5O2. The number of rotatable bonds is 7. The minimum Gasteiger partial charge on any atom is -0.483 e. The normalized spacial score (nSPS) is 11.2. The molecule has 0 aliphatic rings. The Morgan fingerprint density at radius 1 is 1.05 bits per heavy atom. The van der Waals surface area contributed by atoms with Crippen LogP contribution in [0.1, 0.15) is 11.1 Å². The van der Waals surface area contributed by atoms with E-state index >= 15 is 0 Å². The zero-order valence-corrected chi connectivity index (χ0v) is 21.2. The van der Waals surface area contributed by atoms with E-state index in [0.29, 0.717) is 27.1 Å². The summed E-state index contributed by atoms with van der Waals surface area (Å²) in [4.78, 5) is 16.8. The van der Waals surface area contributed by atoms with E-state index in [9.17, 15) is 4.79 Å². The lowest BCUT2D eigenvalue weighted by Gasteiger charge is -2.15. The van der Waals surface area contributed by atoms with E-state index in [1.807, 2.05) is 79.7 Å². The standard InChI is InChI=1S/C28H21Cl2N5O2/c1-18-13-26(22(15-23(18)29)25-11-12-32-35(25)21-8-3-2-4-9-21)37-17-27(36)34-31-16-20-14-19-7-5-6-10-24(19)33-28(20)30/h2-16H,17H2,1H3,(H,34,36)/b31-16+. The maximum absolute atomic E-state index is 12.5. The van der Waals surface area contributed by atoms with Crippen molar-refractivity contribution in [1.82, 2.24) is 20.2 Å². The molecular weight excluding hydrogens is 509 g/mol. The molecule has 0 radical (unpaired) electrons. The number of aromatic nitrogens is 3. The first kappa shape index (κ1) is 24.5. The number of halogens is 2. The average molecular weight is 530 g/mol. The molecule has 0 aliphatic heterocycles. The molecule has 0 unspecified atom stereocenters. The van der Waals surface area contributed by atoms with Gasteiger partial charge in [-0.1, -0.05) is 59.6 Å². The van der Waals surface area contributed by atoms with E-state index in [1.54, 1.807) is 16.9 Å². The fraction of sp³-hybridized carbons (Fsp3) is 0.0714. The van der Waals surface area contributed by atoms with Crippen molar-refractivity contribution in [3.05, 3.63) is 106 Å². The van der Waals surface area contributed by atoms with Gasteiger partial charge in [-0.2, -0.15) is 10.2 Å². The highest BCUT2D eigenvalue weighted by Gasteiger charge is 2.16. The van der Waals surface area contributed by atoms with Crippen LogP contribution >= 0.6 is 23.2 Å². The van der Waals surface area contributed by atoms with E-state index < -0.39 is 5.91 Å². The summed E-state index contributed by atoms with van der Waals surface area (Å²) >= 11 is 12.7. The van der Waals surface area contributed by atoms with Crippen LogP contribution in [-0.4, -0.2) is 33.5 Å². The summed E-state index contributed by atoms with van der Waals surface area (Å²) in [6, 6.07) is 24.7. The van der Waals surface area contributed by atoms with Crippen molar-refractivity contribution in [2.24, 2.45) is 5.10 Å². The van der Waals surface area contributed by atoms with Crippen LogP contribution in [0.25, 0.3) is 27.8 Å². The predicted molar refractivity (Wildman–Crippen MR) is 147 cm³/mol. The second kappa shape index (κ2) is 10.8. The zero-order valence-electron chi connectivity index (χ0n) is 19.7. The SMILES string of the molecule is Cc1cc(OCC(=O)N/N=C/c2cc3ccccc3nc2Cl)c(-c2ccnn2-c2ccccc2)cc1Cl. The van der Waals surface area contributed by atoms with Crippen LogP contribution in [-0.2, 0) is 4.79 Å². The molecule has 5 aromatic rings. The minimum atomic E-state index is -0.434. The molecule has 0 aliphatic carbocycles. The van der Waals surface area contributed by atoms with Gasteiger partial charge in [0.25, 0.3) is 5.91 Å². The largest absolute Gasteiger partial charge is 0.483 e. The second-order valence-corrected chi connectivity index (χ2v) is 8.97. The van der Waals surface area contributed by atoms with Crippen LogP contribution in [0.3, 0.4) is 0 Å². The zero-order chi connectivity index (χ0) is 25.8. The van der Waals surface area contributed by atoms with Gasteiger partial charge >= 0.3 is 0 Å². The van der Waals surface area contributed by atoms with Crippen LogP contribution in [0, 0.1) is 6.92 Å². The van der Waals surface area contributed by atoms with Crippen LogP contribution in [0.2, 0.25) is 10.2 Å². The first-order valence-electron chi connectivity index (χ1n) is 11.4. The van der Waals surface area contributed by atoms with Gasteiger partial charge in [0.1, 0.15) is 10.9 Å². The van der Waals surface area contributed by atoms with Crippen LogP contribution in [0.5, 0.6) is 5.75 Å². The molecule has 5 rings (SSSR count). The summed E-state index contributed by atoms with van der Waals surface area (Å²) in [5.41, 5.74) is 7.04. The first-order chi connectivity index (χ1) is 18.0. The lowest BCUT2D eigenvalue weighted by molar-refractivity contribution is -0.123. The van der Waals surface area contributed by atoms with Gasteiger partial charge in [-0.25, -0.2) is 15.1 Å². The van der Waals surface area contributed by atoms with Gasteiger partial charge < -0.3 is 4.74 Å². The Labute approximate surface area is 223 Å². The molecule has 37 heavy (non-hydrogen) atoms. The smallest absolute Gasteiger partial charge is 0.277 e. The molecule has 2 aromatic heterocycles. The maximum atomic E-state index is 12.5. The summed E-state index contributed by atoms with van der Waals surface area (Å²) < 4.78 is 7.70. The average Bonchev–Trinajstić information content (AvgIpc) is 3.40. The number of hydrogen-bond acceptors (Lipinski definition) is 5. The third-order valence-electron chi connectivity index (χ3n) is 5.64. The number of para-hydroxylation sites is 2. The van der Waals surface area contributed by atoms with Crippen molar-refractivity contribution < 1.29 is 9.53 Å². The Kier molecular flexibility index (Phi) is 7.16. The van der Waals surface area contributed by atoms with E-state index in [4.69, 9.17) is 27.9 Å². The Morgan fingerprint density at radius 2 is 1.84 bits per heavy atom. The maximum Gasteiger partial charge on any atom is 0.277 e. The Balaban J connectivity index is 1.32. The van der Waals surface area contributed by atoms with Gasteiger partial charge in [0.2, 0.25) is 0 Å². The second-order valence-electron chi connectivity index (χ2n) is 8.20. The molecule has 0 saturated carbocycles. The van der Waals surface area contributed by atoms with E-state index in [2.05, 4.69) is 20.6 Å². The van der Waals surface area contributed by atoms with Gasteiger partial charge in [0.05, 0.1) is 29.3 Å². The number of carbonyl (C=O) groups is 1. The molecule has 7 nitrogen and oxygen atoms in total. The Hall–Kier alpha value is -4.20. The molecule has 0 spiro atoms. The third-order valence-corrected chi connectivity index (χ3v) is 6.35. The fourth-order valence-corrected chi connectivity index (χ4v) is 4.16. The minimum absolute atomic E-state index is 0.255. The Bertz CT molecular complexity index is 1620. The third kappa shape index (κ3) is 5.48. The molecule has 9 heteroatoms. The van der Waals surface area contributed by atoms with Crippen molar-refractivity contribution in [1.29, 1.82) is 0 Å². The molecule has 3 aromatic carbocycles. The van der Waals surface area contributed by atoms with E-state index in [1.165, 1.54) is 6.21 Å². The molecule has 2 heterocycles. The number of nitrogens with one attached hydrogen (secondary N) is 1. The number of nitrogens with zero attached hydrogens (tertiary/aromatic N) is 4. The number of hydrazone groups is 1. The number of ether oxygens (including phenoxy) is 1. The molecule has 0 fully saturated rings. The van der Waals surface area contributed by atoms with Gasteiger partial charge in [-0.15, -0.1) is 0 Å². The number of aryl methyl sites for hydroxylation is 1. The lowest BCUT2D eigenvalue weighted by atomic mass is 10.1. The summed E-state index contributed by atoms with van der Waals surface area (Å²) in [6.45, 7) is 1.62. The van der Waals surface area contributed by atoms with Crippen molar-refractivity contribution in [2.45, 2.75) is 6.92 Å². The quantitative estimate of drug-likeness (QED) is 0.154. The van der Waals surface area contributed by atoms with Gasteiger partial charge in [-0.3, -0.25) is 4.79 Å². The van der Waals surface area contributed by atoms with Crippen molar-refractivity contribution in [3.8, 4) is 22.7 Å². The van der Waals surface area contributed by atoms with Gasteiger partial charge in [0.15, 0.2) is 6.61 Å². The number of carbonyl (C=O) groups excluding carboxylic acids is 1. The number of fused-ring (bicyclic) bond motifs is 1. The van der Waals surface area contributed by atoms with Crippen molar-refractivity contribution in [2.75, 3.05) is 6.61 Å². The highest BCUT2D eigenvalue weighted by Crippen LogP contribution is 2.35. The topological polar surface area (TPSA) is 81.4 Å². The molecule has 0 atom stereocenters. The highest BCUT2D eigenvalue weighted by molar-refractivity contribution is 6.32. The number of pyridine rings is 1. The van der Waals surface area contributed by atoms with E-state index in [0.717, 1.165) is 27.8 Å². The number of benzene rings is 3. The molecule has 0 bridgehead atoms. The molecule has 184 valence electrons. The Morgan fingerprint density at radius 3 is 2.68 bits per heavy atom. The number of hydrogen-bond donors (Lipinski definition) is 1. The fourth-order valence-electron chi connectivity index (χ4n) is 3.81.